The normalized spacial score (nSPS) is 11.8. The molecular formula is C13H20N4O2S2. The van der Waals surface area contributed by atoms with Crippen LogP contribution in [-0.4, -0.2) is 31.7 Å². The Morgan fingerprint density at radius 3 is 2.71 bits per heavy atom. The first-order valence-corrected chi connectivity index (χ1v) is 9.08. The molecule has 6 nitrogen and oxygen atoms in total. The second kappa shape index (κ2) is 6.59. The summed E-state index contributed by atoms with van der Waals surface area (Å²) in [5, 5.41) is 9.99. The lowest BCUT2D eigenvalue weighted by Gasteiger charge is -2.06. The first-order chi connectivity index (χ1) is 9.94. The van der Waals surface area contributed by atoms with Crippen LogP contribution < -0.4 is 10.0 Å². The Hall–Kier alpha value is -1.38. The maximum Gasteiger partial charge on any atom is 0.271 e. The van der Waals surface area contributed by atoms with Gasteiger partial charge in [-0.2, -0.15) is 5.10 Å². The van der Waals surface area contributed by atoms with Gasteiger partial charge >= 0.3 is 0 Å². The number of aromatic nitrogens is 2. The minimum atomic E-state index is -3.55. The highest BCUT2D eigenvalue weighted by atomic mass is 32.2. The third-order valence-electron chi connectivity index (χ3n) is 3.06. The zero-order valence-electron chi connectivity index (χ0n) is 12.4. The van der Waals surface area contributed by atoms with Crippen molar-refractivity contribution in [3.8, 4) is 0 Å². The first kappa shape index (κ1) is 16.0. The number of hydrogen-bond donors (Lipinski definition) is 3. The average molecular weight is 328 g/mol. The maximum absolute atomic E-state index is 12.4. The number of sulfonamides is 1. The number of aromatic amines is 1. The van der Waals surface area contributed by atoms with Gasteiger partial charge in [0.2, 0.25) is 0 Å². The van der Waals surface area contributed by atoms with Crippen molar-refractivity contribution in [3.05, 3.63) is 28.4 Å². The van der Waals surface area contributed by atoms with Crippen LogP contribution in [-0.2, 0) is 16.4 Å². The maximum atomic E-state index is 12.4. The smallest absolute Gasteiger partial charge is 0.271 e. The van der Waals surface area contributed by atoms with E-state index in [1.54, 1.807) is 19.9 Å². The van der Waals surface area contributed by atoms with Gasteiger partial charge in [0, 0.05) is 4.88 Å². The third-order valence-corrected chi connectivity index (χ3v) is 6.05. The molecule has 0 saturated heterocycles. The number of rotatable bonds is 7. The molecule has 0 aliphatic rings. The van der Waals surface area contributed by atoms with Gasteiger partial charge in [0.1, 0.15) is 4.21 Å². The summed E-state index contributed by atoms with van der Waals surface area (Å²) in [6, 6.07) is 3.52. The molecule has 0 bridgehead atoms. The van der Waals surface area contributed by atoms with E-state index in [0.29, 0.717) is 21.3 Å². The predicted octanol–water partition coefficient (Wildman–Crippen LogP) is 2.04. The fourth-order valence-electron chi connectivity index (χ4n) is 1.91. The number of aryl methyl sites for hydroxylation is 2. The summed E-state index contributed by atoms with van der Waals surface area (Å²) < 4.78 is 27.7. The van der Waals surface area contributed by atoms with E-state index in [9.17, 15) is 8.42 Å². The van der Waals surface area contributed by atoms with E-state index in [2.05, 4.69) is 20.2 Å². The second-order valence-electron chi connectivity index (χ2n) is 4.74. The molecule has 0 saturated carbocycles. The molecule has 0 aromatic carbocycles. The third kappa shape index (κ3) is 3.84. The van der Waals surface area contributed by atoms with Crippen LogP contribution in [0, 0.1) is 13.8 Å². The van der Waals surface area contributed by atoms with E-state index in [1.807, 2.05) is 13.0 Å². The summed E-state index contributed by atoms with van der Waals surface area (Å²) >= 11 is 1.30. The first-order valence-electron chi connectivity index (χ1n) is 6.78. The van der Waals surface area contributed by atoms with Gasteiger partial charge in [-0.1, -0.05) is 6.92 Å². The van der Waals surface area contributed by atoms with Crippen LogP contribution in [0.5, 0.6) is 0 Å². The van der Waals surface area contributed by atoms with E-state index in [0.717, 1.165) is 24.4 Å². The predicted molar refractivity (Wildman–Crippen MR) is 85.4 cm³/mol. The van der Waals surface area contributed by atoms with E-state index in [-0.39, 0.29) is 0 Å². The molecule has 0 spiro atoms. The SMILES string of the molecule is CCNCCc1ccc(S(=O)(=O)Nc2c(C)n[nH]c2C)s1. The van der Waals surface area contributed by atoms with Crippen LogP contribution >= 0.6 is 11.3 Å². The van der Waals surface area contributed by atoms with Crippen molar-refractivity contribution in [1.29, 1.82) is 0 Å². The molecule has 2 rings (SSSR count). The Morgan fingerprint density at radius 2 is 2.10 bits per heavy atom. The molecule has 0 radical (unpaired) electrons. The number of H-pyrrole nitrogens is 1. The zero-order valence-corrected chi connectivity index (χ0v) is 14.0. The number of anilines is 1. The number of nitrogens with one attached hydrogen (secondary N) is 3. The van der Waals surface area contributed by atoms with Gasteiger partial charge in [-0.15, -0.1) is 11.3 Å². The van der Waals surface area contributed by atoms with E-state index in [4.69, 9.17) is 0 Å². The molecule has 0 unspecified atom stereocenters. The van der Waals surface area contributed by atoms with Gasteiger partial charge in [0.05, 0.1) is 17.1 Å². The van der Waals surface area contributed by atoms with Gasteiger partial charge < -0.3 is 5.32 Å². The molecule has 3 N–H and O–H groups in total. The van der Waals surface area contributed by atoms with Crippen molar-refractivity contribution in [3.63, 3.8) is 0 Å². The largest absolute Gasteiger partial charge is 0.317 e. The highest BCUT2D eigenvalue weighted by Gasteiger charge is 2.20. The second-order valence-corrected chi connectivity index (χ2v) is 7.82. The Morgan fingerprint density at radius 1 is 1.33 bits per heavy atom. The van der Waals surface area contributed by atoms with Gasteiger partial charge in [-0.25, -0.2) is 8.42 Å². The van der Waals surface area contributed by atoms with Crippen LogP contribution in [0.4, 0.5) is 5.69 Å². The minimum absolute atomic E-state index is 0.328. The van der Waals surface area contributed by atoms with E-state index >= 15 is 0 Å². The van der Waals surface area contributed by atoms with Crippen molar-refractivity contribution < 1.29 is 8.42 Å². The Balaban J connectivity index is 2.13. The molecule has 0 atom stereocenters. The van der Waals surface area contributed by atoms with Gasteiger partial charge in [0.25, 0.3) is 10.0 Å². The van der Waals surface area contributed by atoms with Crippen LogP contribution in [0.15, 0.2) is 16.3 Å². The molecular weight excluding hydrogens is 308 g/mol. The number of nitrogens with zero attached hydrogens (tertiary/aromatic N) is 1. The molecule has 2 aromatic rings. The Kier molecular flexibility index (Phi) is 5.02. The summed E-state index contributed by atoms with van der Waals surface area (Å²) in [5.74, 6) is 0. The standard InChI is InChI=1S/C13H20N4O2S2/c1-4-14-8-7-11-5-6-12(20-11)21(18,19)17-13-9(2)15-16-10(13)3/h5-6,14,17H,4,7-8H2,1-3H3,(H,15,16). The topological polar surface area (TPSA) is 86.9 Å². The number of thiophene rings is 1. The molecule has 0 amide bonds. The molecule has 2 aromatic heterocycles. The van der Waals surface area contributed by atoms with Crippen molar-refractivity contribution in [1.82, 2.24) is 15.5 Å². The summed E-state index contributed by atoms with van der Waals surface area (Å²) in [6.07, 6.45) is 0.831. The molecule has 116 valence electrons. The summed E-state index contributed by atoms with van der Waals surface area (Å²) in [7, 11) is -3.55. The van der Waals surface area contributed by atoms with Crippen molar-refractivity contribution in [2.75, 3.05) is 17.8 Å². The van der Waals surface area contributed by atoms with Gasteiger partial charge in [-0.05, 0) is 45.5 Å². The lowest BCUT2D eigenvalue weighted by molar-refractivity contribution is 0.603. The molecule has 2 heterocycles. The van der Waals surface area contributed by atoms with E-state index < -0.39 is 10.0 Å². The summed E-state index contributed by atoms with van der Waals surface area (Å²) in [6.45, 7) is 7.36. The highest BCUT2D eigenvalue weighted by molar-refractivity contribution is 7.94. The van der Waals surface area contributed by atoms with Crippen LogP contribution in [0.25, 0.3) is 0 Å². The Bertz CT molecular complexity index is 684. The van der Waals surface area contributed by atoms with Crippen LogP contribution in [0.1, 0.15) is 23.2 Å². The molecule has 21 heavy (non-hydrogen) atoms. The zero-order chi connectivity index (χ0) is 15.5. The fourth-order valence-corrected chi connectivity index (χ4v) is 4.45. The summed E-state index contributed by atoms with van der Waals surface area (Å²) in [5.41, 5.74) is 1.87. The quantitative estimate of drug-likeness (QED) is 0.679. The van der Waals surface area contributed by atoms with Crippen LogP contribution in [0.3, 0.4) is 0 Å². The van der Waals surface area contributed by atoms with Gasteiger partial charge in [-0.3, -0.25) is 9.82 Å². The Labute approximate surface area is 129 Å². The average Bonchev–Trinajstić information content (AvgIpc) is 3.02. The highest BCUT2D eigenvalue weighted by Crippen LogP contribution is 2.26. The number of likely N-dealkylation sites (N-methyl/N-ethyl adjacent to an activating group) is 1. The van der Waals surface area contributed by atoms with Gasteiger partial charge in [0.15, 0.2) is 0 Å². The summed E-state index contributed by atoms with van der Waals surface area (Å²) in [4.78, 5) is 1.05. The van der Waals surface area contributed by atoms with E-state index in [1.165, 1.54) is 11.3 Å². The molecule has 0 aliphatic carbocycles. The van der Waals surface area contributed by atoms with Crippen LogP contribution in [0.2, 0.25) is 0 Å². The fraction of sp³-hybridized carbons (Fsp3) is 0.462. The number of hydrogen-bond acceptors (Lipinski definition) is 5. The lowest BCUT2D eigenvalue weighted by Crippen LogP contribution is -2.15. The minimum Gasteiger partial charge on any atom is -0.317 e. The monoisotopic (exact) mass is 328 g/mol. The van der Waals surface area contributed by atoms with Crippen molar-refractivity contribution in [2.24, 2.45) is 0 Å². The van der Waals surface area contributed by atoms with Crippen molar-refractivity contribution in [2.45, 2.75) is 31.4 Å². The van der Waals surface area contributed by atoms with Crippen molar-refractivity contribution >= 4 is 27.0 Å². The molecule has 0 fully saturated rings. The molecule has 8 heteroatoms. The molecule has 0 aliphatic heterocycles. The lowest BCUT2D eigenvalue weighted by atomic mass is 10.3.